The Hall–Kier alpha value is -0.570. The minimum Gasteiger partial charge on any atom is -0.469 e. The molecule has 4 rings (SSSR count). The molecule has 0 aromatic rings. The van der Waals surface area contributed by atoms with E-state index >= 15 is 0 Å². The first kappa shape index (κ1) is 10.6. The number of aliphatic hydroxyl groups excluding tert-OH is 1. The number of carbonyl (C=O) groups is 1. The van der Waals surface area contributed by atoms with E-state index in [1.165, 1.54) is 20.0 Å². The van der Waals surface area contributed by atoms with Gasteiger partial charge in [-0.25, -0.2) is 0 Å². The Balaban J connectivity index is 1.77. The summed E-state index contributed by atoms with van der Waals surface area (Å²) in [7, 11) is 1.45. The van der Waals surface area contributed by atoms with Crippen LogP contribution in [0.2, 0.25) is 0 Å². The number of ether oxygens (including phenoxy) is 1. The molecule has 4 aliphatic carbocycles. The van der Waals surface area contributed by atoms with Gasteiger partial charge in [0.15, 0.2) is 0 Å². The number of hydrogen-bond donors (Lipinski definition) is 1. The van der Waals surface area contributed by atoms with E-state index in [1.807, 2.05) is 0 Å². The summed E-state index contributed by atoms with van der Waals surface area (Å²) in [6.07, 6.45) is 5.14. The van der Waals surface area contributed by atoms with E-state index in [1.54, 1.807) is 0 Å². The highest BCUT2D eigenvalue weighted by atomic mass is 16.5. The van der Waals surface area contributed by atoms with Crippen molar-refractivity contribution >= 4 is 5.97 Å². The number of aliphatic hydroxyl groups is 1. The summed E-state index contributed by atoms with van der Waals surface area (Å²) in [4.78, 5) is 11.4. The van der Waals surface area contributed by atoms with Gasteiger partial charge in [0, 0.05) is 6.42 Å². The Morgan fingerprint density at radius 3 is 2.75 bits per heavy atom. The van der Waals surface area contributed by atoms with E-state index in [0.717, 1.165) is 18.8 Å². The molecule has 4 aliphatic rings. The third-order valence-electron chi connectivity index (χ3n) is 5.19. The van der Waals surface area contributed by atoms with Crippen LogP contribution in [0.3, 0.4) is 0 Å². The Bertz CT molecular complexity index is 302. The van der Waals surface area contributed by atoms with Crippen molar-refractivity contribution in [1.82, 2.24) is 0 Å². The zero-order chi connectivity index (χ0) is 11.3. The van der Waals surface area contributed by atoms with Crippen molar-refractivity contribution < 1.29 is 14.6 Å². The molecule has 3 nitrogen and oxygen atoms in total. The second-order valence-electron chi connectivity index (χ2n) is 5.93. The van der Waals surface area contributed by atoms with Crippen LogP contribution in [0.25, 0.3) is 0 Å². The van der Waals surface area contributed by atoms with Crippen LogP contribution in [0, 0.1) is 29.6 Å². The Morgan fingerprint density at radius 1 is 1.25 bits per heavy atom. The van der Waals surface area contributed by atoms with Gasteiger partial charge in [-0.05, 0) is 55.3 Å². The van der Waals surface area contributed by atoms with E-state index in [-0.39, 0.29) is 12.1 Å². The summed E-state index contributed by atoms with van der Waals surface area (Å²) in [6.45, 7) is 0. The van der Waals surface area contributed by atoms with Gasteiger partial charge in [0.1, 0.15) is 0 Å². The summed E-state index contributed by atoms with van der Waals surface area (Å²) < 4.78 is 4.77. The molecule has 0 amide bonds. The lowest BCUT2D eigenvalue weighted by Crippen LogP contribution is -2.53. The van der Waals surface area contributed by atoms with Crippen LogP contribution in [-0.4, -0.2) is 24.3 Å². The first-order chi connectivity index (χ1) is 7.69. The molecule has 0 aliphatic heterocycles. The number of hydrogen-bond acceptors (Lipinski definition) is 3. The van der Waals surface area contributed by atoms with Crippen LogP contribution in [-0.2, 0) is 9.53 Å². The van der Waals surface area contributed by atoms with E-state index in [2.05, 4.69) is 0 Å². The van der Waals surface area contributed by atoms with Crippen molar-refractivity contribution in [3.63, 3.8) is 0 Å². The first-order valence-electron chi connectivity index (χ1n) is 6.44. The number of carbonyl (C=O) groups excluding carboxylic acids is 1. The normalized spacial score (nSPS) is 49.4. The second-order valence-corrected chi connectivity index (χ2v) is 5.93. The lowest BCUT2D eigenvalue weighted by molar-refractivity contribution is -0.155. The second kappa shape index (κ2) is 3.73. The lowest BCUT2D eigenvalue weighted by Gasteiger charge is -2.56. The number of rotatable bonds is 2. The fourth-order valence-corrected chi connectivity index (χ4v) is 4.60. The fraction of sp³-hybridized carbons (Fsp3) is 0.923. The zero-order valence-corrected chi connectivity index (χ0v) is 9.76. The highest BCUT2D eigenvalue weighted by Crippen LogP contribution is 2.57. The molecule has 0 saturated heterocycles. The smallest absolute Gasteiger partial charge is 0.305 e. The molecule has 0 aromatic carbocycles. The van der Waals surface area contributed by atoms with Crippen LogP contribution in [0.1, 0.15) is 32.1 Å². The maximum absolute atomic E-state index is 11.4. The van der Waals surface area contributed by atoms with Crippen LogP contribution in [0.15, 0.2) is 0 Å². The third kappa shape index (κ3) is 1.48. The van der Waals surface area contributed by atoms with Gasteiger partial charge in [0.25, 0.3) is 0 Å². The molecule has 0 radical (unpaired) electrons. The predicted octanol–water partition coefficient (Wildman–Crippen LogP) is 1.59. The first-order valence-corrected chi connectivity index (χ1v) is 6.44. The van der Waals surface area contributed by atoms with Crippen LogP contribution < -0.4 is 0 Å². The van der Waals surface area contributed by atoms with Crippen LogP contribution in [0.4, 0.5) is 0 Å². The minimum absolute atomic E-state index is 0.107. The summed E-state index contributed by atoms with van der Waals surface area (Å²) in [5.41, 5.74) is 0. The van der Waals surface area contributed by atoms with Crippen molar-refractivity contribution in [2.75, 3.05) is 7.11 Å². The Morgan fingerprint density at radius 2 is 2.00 bits per heavy atom. The van der Waals surface area contributed by atoms with Crippen LogP contribution >= 0.6 is 0 Å². The van der Waals surface area contributed by atoms with Gasteiger partial charge in [0.05, 0.1) is 13.2 Å². The van der Waals surface area contributed by atoms with Crippen molar-refractivity contribution in [3.8, 4) is 0 Å². The number of esters is 1. The van der Waals surface area contributed by atoms with Crippen molar-refractivity contribution in [3.05, 3.63) is 0 Å². The quantitative estimate of drug-likeness (QED) is 0.725. The van der Waals surface area contributed by atoms with E-state index in [0.29, 0.717) is 30.1 Å². The Labute approximate surface area is 96.2 Å². The maximum Gasteiger partial charge on any atom is 0.305 e. The predicted molar refractivity (Wildman–Crippen MR) is 58.6 cm³/mol. The zero-order valence-electron chi connectivity index (χ0n) is 9.76. The molecular formula is C13H20O3. The molecule has 6 unspecified atom stereocenters. The summed E-state index contributed by atoms with van der Waals surface area (Å²) in [5, 5.41) is 10.2. The molecule has 3 heteroatoms. The van der Waals surface area contributed by atoms with E-state index < -0.39 is 0 Å². The fourth-order valence-electron chi connectivity index (χ4n) is 4.60. The van der Waals surface area contributed by atoms with Gasteiger partial charge in [0.2, 0.25) is 0 Å². The van der Waals surface area contributed by atoms with Crippen molar-refractivity contribution in [2.24, 2.45) is 29.6 Å². The molecule has 16 heavy (non-hydrogen) atoms. The third-order valence-corrected chi connectivity index (χ3v) is 5.19. The van der Waals surface area contributed by atoms with Gasteiger partial charge in [-0.3, -0.25) is 4.79 Å². The SMILES string of the molecule is COC(=O)CC1C2CC3CC(C2)C(O)C1C3. The monoisotopic (exact) mass is 224 g/mol. The van der Waals surface area contributed by atoms with Gasteiger partial charge in [-0.15, -0.1) is 0 Å². The van der Waals surface area contributed by atoms with Crippen LogP contribution in [0.5, 0.6) is 0 Å². The van der Waals surface area contributed by atoms with Crippen molar-refractivity contribution in [1.29, 1.82) is 0 Å². The van der Waals surface area contributed by atoms with Gasteiger partial charge >= 0.3 is 5.97 Å². The molecule has 1 N–H and O–H groups in total. The molecule has 6 atom stereocenters. The van der Waals surface area contributed by atoms with E-state index in [9.17, 15) is 9.90 Å². The van der Waals surface area contributed by atoms with Crippen molar-refractivity contribution in [2.45, 2.75) is 38.2 Å². The molecule has 90 valence electrons. The molecule has 0 spiro atoms. The van der Waals surface area contributed by atoms with Gasteiger partial charge < -0.3 is 9.84 Å². The molecular weight excluding hydrogens is 204 g/mol. The summed E-state index contributed by atoms with van der Waals surface area (Å²) in [6, 6.07) is 0. The number of methoxy groups -OCH3 is 1. The maximum atomic E-state index is 11.4. The highest BCUT2D eigenvalue weighted by Gasteiger charge is 2.53. The van der Waals surface area contributed by atoms with Gasteiger partial charge in [-0.1, -0.05) is 0 Å². The minimum atomic E-state index is -0.151. The molecule has 4 bridgehead atoms. The average molecular weight is 224 g/mol. The molecule has 0 heterocycles. The average Bonchev–Trinajstić information content (AvgIpc) is 2.29. The Kier molecular flexibility index (Phi) is 2.46. The highest BCUT2D eigenvalue weighted by molar-refractivity contribution is 5.69. The topological polar surface area (TPSA) is 46.5 Å². The van der Waals surface area contributed by atoms with Gasteiger partial charge in [-0.2, -0.15) is 0 Å². The molecule has 4 saturated carbocycles. The molecule has 4 fully saturated rings. The lowest BCUT2D eigenvalue weighted by atomic mass is 9.50. The molecule has 0 aromatic heterocycles. The largest absolute Gasteiger partial charge is 0.469 e. The van der Waals surface area contributed by atoms with E-state index in [4.69, 9.17) is 4.74 Å². The summed E-state index contributed by atoms with van der Waals surface area (Å²) >= 11 is 0. The standard InChI is InChI=1S/C13H20O3/c1-16-12(14)6-10-8-2-7-3-9(5-8)13(15)11(10)4-7/h7-11,13,15H,2-6H2,1H3. The summed E-state index contributed by atoms with van der Waals surface area (Å²) in [5.74, 6) is 2.67.